The summed E-state index contributed by atoms with van der Waals surface area (Å²) in [5.74, 6) is 1.04. The van der Waals surface area contributed by atoms with Crippen molar-refractivity contribution < 1.29 is 13.9 Å². The van der Waals surface area contributed by atoms with E-state index in [4.69, 9.17) is 9.15 Å². The molecule has 0 bridgehead atoms. The molecule has 5 heteroatoms. The molecule has 0 aliphatic carbocycles. The lowest BCUT2D eigenvalue weighted by Gasteiger charge is -2.03. The molecule has 0 aliphatic rings. The van der Waals surface area contributed by atoms with Gasteiger partial charge in [0.2, 0.25) is 5.88 Å². The molecular formula is C27H20BrNO3. The number of esters is 1. The van der Waals surface area contributed by atoms with Gasteiger partial charge in [0.15, 0.2) is 0 Å². The Hall–Kier alpha value is -3.70. The van der Waals surface area contributed by atoms with Gasteiger partial charge in [0, 0.05) is 22.5 Å². The zero-order valence-corrected chi connectivity index (χ0v) is 19.0. The van der Waals surface area contributed by atoms with Crippen LogP contribution >= 0.6 is 15.9 Å². The molecule has 1 aromatic heterocycles. The minimum atomic E-state index is -0.424. The van der Waals surface area contributed by atoms with Crippen LogP contribution in [0.4, 0.5) is 5.88 Å². The summed E-state index contributed by atoms with van der Waals surface area (Å²) < 4.78 is 12.4. The quantitative estimate of drug-likeness (QED) is 0.160. The largest absolute Gasteiger partial charge is 0.438 e. The Bertz CT molecular complexity index is 1260. The van der Waals surface area contributed by atoms with Crippen LogP contribution in [0, 0.1) is 0 Å². The van der Waals surface area contributed by atoms with Crippen molar-refractivity contribution in [3.8, 4) is 22.5 Å². The molecule has 0 unspecified atom stereocenters. The Morgan fingerprint density at radius 1 is 0.906 bits per heavy atom. The normalized spacial score (nSPS) is 11.6. The third-order valence-corrected chi connectivity index (χ3v) is 5.13. The molecule has 0 radical (unpaired) electrons. The van der Waals surface area contributed by atoms with E-state index in [-0.39, 0.29) is 0 Å². The number of nitrogens with zero attached hydrogens (tertiary/aromatic N) is 1. The lowest BCUT2D eigenvalue weighted by molar-refractivity contribution is -0.135. The summed E-state index contributed by atoms with van der Waals surface area (Å²) >= 11 is 3.42. The first-order chi connectivity index (χ1) is 15.6. The molecule has 0 N–H and O–H groups in total. The van der Waals surface area contributed by atoms with Crippen LogP contribution in [0.15, 0.2) is 111 Å². The van der Waals surface area contributed by atoms with Gasteiger partial charge in [0.1, 0.15) is 11.5 Å². The molecule has 4 aromatic rings. The number of carbonyl (C=O) groups excluding carboxylic acids is 1. The second-order valence-electron chi connectivity index (χ2n) is 7.01. The van der Waals surface area contributed by atoms with E-state index in [1.807, 2.05) is 91.0 Å². The molecule has 0 amide bonds. The van der Waals surface area contributed by atoms with E-state index in [0.717, 1.165) is 26.7 Å². The first-order valence-electron chi connectivity index (χ1n) is 10.0. The van der Waals surface area contributed by atoms with Gasteiger partial charge in [-0.1, -0.05) is 88.7 Å². The fraction of sp³-hybridized carbons (Fsp3) is 0.0370. The number of halogens is 1. The van der Waals surface area contributed by atoms with Crippen molar-refractivity contribution in [1.29, 1.82) is 0 Å². The SMILES string of the molecule is CC(=O)OC(=C\c1ccc(Br)cc1)/C=N/c1oc(-c2ccccc2)cc1-c1ccccc1. The van der Waals surface area contributed by atoms with Crippen molar-refractivity contribution in [2.45, 2.75) is 6.92 Å². The Balaban J connectivity index is 1.74. The van der Waals surface area contributed by atoms with E-state index in [1.165, 1.54) is 13.1 Å². The van der Waals surface area contributed by atoms with Gasteiger partial charge in [-0.05, 0) is 35.4 Å². The maximum Gasteiger partial charge on any atom is 0.308 e. The zero-order valence-electron chi connectivity index (χ0n) is 17.4. The van der Waals surface area contributed by atoms with Crippen molar-refractivity contribution >= 4 is 40.1 Å². The molecule has 0 spiro atoms. The van der Waals surface area contributed by atoms with Crippen molar-refractivity contribution in [2.75, 3.05) is 0 Å². The van der Waals surface area contributed by atoms with Crippen LogP contribution < -0.4 is 0 Å². The van der Waals surface area contributed by atoms with E-state index >= 15 is 0 Å². The van der Waals surface area contributed by atoms with Crippen LogP contribution in [-0.4, -0.2) is 12.2 Å². The Morgan fingerprint density at radius 2 is 1.53 bits per heavy atom. The van der Waals surface area contributed by atoms with Crippen molar-refractivity contribution in [2.24, 2.45) is 4.99 Å². The highest BCUT2D eigenvalue weighted by Gasteiger charge is 2.14. The molecule has 0 saturated heterocycles. The topological polar surface area (TPSA) is 51.8 Å². The molecule has 0 atom stereocenters. The molecule has 158 valence electrons. The van der Waals surface area contributed by atoms with Crippen molar-refractivity contribution in [1.82, 2.24) is 0 Å². The highest BCUT2D eigenvalue weighted by molar-refractivity contribution is 9.10. The second-order valence-corrected chi connectivity index (χ2v) is 7.93. The minimum Gasteiger partial charge on any atom is -0.438 e. The summed E-state index contributed by atoms with van der Waals surface area (Å²) in [6, 6.07) is 29.4. The number of benzene rings is 3. The summed E-state index contributed by atoms with van der Waals surface area (Å²) in [5, 5.41) is 0. The highest BCUT2D eigenvalue weighted by Crippen LogP contribution is 2.37. The predicted molar refractivity (Wildman–Crippen MR) is 132 cm³/mol. The summed E-state index contributed by atoms with van der Waals surface area (Å²) in [5.41, 5.74) is 3.67. The highest BCUT2D eigenvalue weighted by atomic mass is 79.9. The molecular weight excluding hydrogens is 466 g/mol. The van der Waals surface area contributed by atoms with E-state index in [1.54, 1.807) is 6.08 Å². The number of furan rings is 1. The predicted octanol–water partition coefficient (Wildman–Crippen LogP) is 7.68. The Labute approximate surface area is 195 Å². The standard InChI is InChI=1S/C27H20BrNO3/c1-19(30)31-24(16-20-12-14-23(28)15-13-20)18-29-27-25(21-8-4-2-5-9-21)17-26(32-27)22-10-6-3-7-11-22/h2-18H,1H3/b24-16-,29-18+. The summed E-state index contributed by atoms with van der Waals surface area (Å²) in [7, 11) is 0. The maximum atomic E-state index is 11.6. The summed E-state index contributed by atoms with van der Waals surface area (Å²) in [6.07, 6.45) is 3.25. The fourth-order valence-corrected chi connectivity index (χ4v) is 3.42. The number of ether oxygens (including phenoxy) is 1. The van der Waals surface area contributed by atoms with Gasteiger partial charge in [-0.15, -0.1) is 0 Å². The lowest BCUT2D eigenvalue weighted by atomic mass is 10.1. The van der Waals surface area contributed by atoms with Crippen LogP contribution in [0.25, 0.3) is 28.5 Å². The second kappa shape index (κ2) is 10.1. The minimum absolute atomic E-state index is 0.316. The molecule has 4 nitrogen and oxygen atoms in total. The number of carbonyl (C=O) groups is 1. The maximum absolute atomic E-state index is 11.6. The van der Waals surface area contributed by atoms with Gasteiger partial charge in [-0.3, -0.25) is 4.79 Å². The number of hydrogen-bond acceptors (Lipinski definition) is 4. The van der Waals surface area contributed by atoms with Gasteiger partial charge in [-0.25, -0.2) is 4.99 Å². The van der Waals surface area contributed by atoms with Crippen LogP contribution in [0.5, 0.6) is 0 Å². The van der Waals surface area contributed by atoms with E-state index in [0.29, 0.717) is 17.4 Å². The molecule has 0 saturated carbocycles. The van der Waals surface area contributed by atoms with Gasteiger partial charge < -0.3 is 9.15 Å². The third-order valence-electron chi connectivity index (χ3n) is 4.61. The first-order valence-corrected chi connectivity index (χ1v) is 10.8. The zero-order chi connectivity index (χ0) is 22.3. The molecule has 4 rings (SSSR count). The fourth-order valence-electron chi connectivity index (χ4n) is 3.15. The third kappa shape index (κ3) is 5.50. The van der Waals surface area contributed by atoms with Gasteiger partial charge in [0.05, 0.1) is 6.21 Å². The number of aliphatic imine (C=N–C) groups is 1. The van der Waals surface area contributed by atoms with Crippen molar-refractivity contribution in [3.05, 3.63) is 107 Å². The summed E-state index contributed by atoms with van der Waals surface area (Å²) in [6.45, 7) is 1.36. The van der Waals surface area contributed by atoms with E-state index < -0.39 is 5.97 Å². The van der Waals surface area contributed by atoms with E-state index in [2.05, 4.69) is 20.9 Å². The lowest BCUT2D eigenvalue weighted by Crippen LogP contribution is -1.99. The molecule has 0 fully saturated rings. The monoisotopic (exact) mass is 485 g/mol. The van der Waals surface area contributed by atoms with Crippen LogP contribution in [-0.2, 0) is 9.53 Å². The Morgan fingerprint density at radius 3 is 2.16 bits per heavy atom. The van der Waals surface area contributed by atoms with Gasteiger partial charge >= 0.3 is 5.97 Å². The summed E-state index contributed by atoms with van der Waals surface area (Å²) in [4.78, 5) is 16.2. The van der Waals surface area contributed by atoms with Gasteiger partial charge in [-0.2, -0.15) is 0 Å². The number of hydrogen-bond donors (Lipinski definition) is 0. The van der Waals surface area contributed by atoms with Crippen LogP contribution in [0.3, 0.4) is 0 Å². The average Bonchev–Trinajstić information content (AvgIpc) is 3.24. The van der Waals surface area contributed by atoms with Crippen LogP contribution in [0.1, 0.15) is 12.5 Å². The molecule has 0 aliphatic heterocycles. The first kappa shape index (κ1) is 21.5. The molecule has 3 aromatic carbocycles. The smallest absolute Gasteiger partial charge is 0.308 e. The van der Waals surface area contributed by atoms with E-state index in [9.17, 15) is 4.79 Å². The number of rotatable bonds is 6. The van der Waals surface area contributed by atoms with Gasteiger partial charge in [0.25, 0.3) is 0 Å². The molecule has 1 heterocycles. The molecule has 32 heavy (non-hydrogen) atoms. The number of allylic oxidation sites excluding steroid dienone is 1. The van der Waals surface area contributed by atoms with Crippen molar-refractivity contribution in [3.63, 3.8) is 0 Å². The van der Waals surface area contributed by atoms with Crippen LogP contribution in [0.2, 0.25) is 0 Å². The average molecular weight is 486 g/mol. The Kier molecular flexibility index (Phi) is 6.78.